The second-order valence-corrected chi connectivity index (χ2v) is 16.1. The number of rotatable bonds is 8. The second-order valence-electron chi connectivity index (χ2n) is 10.1. The largest absolute Gasteiger partial charge is 0.361 e. The average molecular weight is 504 g/mol. The van der Waals surface area contributed by atoms with Gasteiger partial charge in [0, 0.05) is 45.7 Å². The molecule has 3 heterocycles. The number of ether oxygens (including phenoxy) is 1. The van der Waals surface area contributed by atoms with E-state index in [-0.39, 0.29) is 29.8 Å². The van der Waals surface area contributed by atoms with Crippen LogP contribution in [0.4, 0.5) is 4.39 Å². The van der Waals surface area contributed by atoms with E-state index in [1.807, 2.05) is 16.8 Å². The minimum atomic E-state index is -1.23. The summed E-state index contributed by atoms with van der Waals surface area (Å²) in [5.74, 6) is -0.612. The number of fused-ring (bicyclic) bond motifs is 1. The molecule has 182 valence electrons. The Morgan fingerprint density at radius 1 is 1.15 bits per heavy atom. The number of amides is 1. The summed E-state index contributed by atoms with van der Waals surface area (Å²) in [7, 11) is -1.23. The van der Waals surface area contributed by atoms with Crippen molar-refractivity contribution in [2.75, 3.05) is 19.7 Å². The van der Waals surface area contributed by atoms with Crippen molar-refractivity contribution in [1.29, 1.82) is 0 Å². The number of carbonyl (C=O) groups is 1. The van der Waals surface area contributed by atoms with Crippen LogP contribution >= 0.6 is 11.6 Å². The van der Waals surface area contributed by atoms with Crippen molar-refractivity contribution < 1.29 is 13.9 Å². The highest BCUT2D eigenvalue weighted by molar-refractivity contribution is 6.76. The van der Waals surface area contributed by atoms with Crippen LogP contribution in [0.2, 0.25) is 30.7 Å². The van der Waals surface area contributed by atoms with E-state index in [9.17, 15) is 14.0 Å². The highest BCUT2D eigenvalue weighted by atomic mass is 35.5. The molecule has 0 radical (unpaired) electrons. The Kier molecular flexibility index (Phi) is 7.30. The number of halogens is 2. The first-order chi connectivity index (χ1) is 16.1. The molecule has 1 amide bonds. The van der Waals surface area contributed by atoms with Gasteiger partial charge in [0.25, 0.3) is 5.56 Å². The fraction of sp³-hybridized carbons (Fsp3) is 0.440. The number of benzene rings is 1. The fourth-order valence-electron chi connectivity index (χ4n) is 4.21. The maximum atomic E-state index is 14.3. The van der Waals surface area contributed by atoms with Gasteiger partial charge in [0.15, 0.2) is 0 Å². The lowest BCUT2D eigenvalue weighted by atomic mass is 10.1. The Bertz CT molecular complexity index is 1260. The third kappa shape index (κ3) is 5.45. The van der Waals surface area contributed by atoms with E-state index in [0.29, 0.717) is 28.6 Å². The molecule has 1 aliphatic rings. The SMILES string of the molecule is C[Si](C)(C)CCOCn1cc(-c2ccc(Cl)c(F)c2)c2c(=O)n(CC(=O)N3CCCC3)ccc21. The van der Waals surface area contributed by atoms with Gasteiger partial charge in [-0.2, -0.15) is 0 Å². The van der Waals surface area contributed by atoms with Crippen molar-refractivity contribution in [2.24, 2.45) is 0 Å². The van der Waals surface area contributed by atoms with Crippen molar-refractivity contribution in [3.8, 4) is 11.1 Å². The van der Waals surface area contributed by atoms with E-state index in [0.717, 1.165) is 32.0 Å². The minimum Gasteiger partial charge on any atom is -0.361 e. The van der Waals surface area contributed by atoms with Crippen molar-refractivity contribution in [3.63, 3.8) is 0 Å². The van der Waals surface area contributed by atoms with Crippen LogP contribution in [0.15, 0.2) is 41.5 Å². The third-order valence-electron chi connectivity index (χ3n) is 6.23. The summed E-state index contributed by atoms with van der Waals surface area (Å²) in [5, 5.41) is 0.461. The Morgan fingerprint density at radius 2 is 1.88 bits per heavy atom. The lowest BCUT2D eigenvalue weighted by molar-refractivity contribution is -0.130. The molecule has 0 aliphatic carbocycles. The lowest BCUT2D eigenvalue weighted by Gasteiger charge is -2.16. The quantitative estimate of drug-likeness (QED) is 0.313. The number of likely N-dealkylation sites (tertiary alicyclic amines) is 1. The van der Waals surface area contributed by atoms with E-state index in [2.05, 4.69) is 19.6 Å². The van der Waals surface area contributed by atoms with Gasteiger partial charge in [-0.05, 0) is 42.6 Å². The number of aromatic nitrogens is 2. The summed E-state index contributed by atoms with van der Waals surface area (Å²) in [6.45, 7) is 9.25. The molecule has 0 bridgehead atoms. The van der Waals surface area contributed by atoms with Crippen molar-refractivity contribution in [1.82, 2.24) is 14.0 Å². The molecule has 2 aromatic heterocycles. The standard InChI is InChI=1S/C25H31ClFN3O3Si/c1-34(2,3)13-12-33-17-30-15-19(18-6-7-20(26)21(27)14-18)24-22(30)8-11-29(25(24)32)16-23(31)28-9-4-5-10-28/h6-8,11,14-15H,4-5,9-10,12-13,16-17H2,1-3H3. The number of hydrogen-bond acceptors (Lipinski definition) is 3. The summed E-state index contributed by atoms with van der Waals surface area (Å²) >= 11 is 5.88. The van der Waals surface area contributed by atoms with E-state index in [4.69, 9.17) is 16.3 Å². The van der Waals surface area contributed by atoms with Crippen LogP contribution in [0.25, 0.3) is 22.0 Å². The molecule has 1 aliphatic heterocycles. The third-order valence-corrected chi connectivity index (χ3v) is 8.24. The Balaban J connectivity index is 1.71. The summed E-state index contributed by atoms with van der Waals surface area (Å²) in [6, 6.07) is 7.37. The van der Waals surface area contributed by atoms with E-state index < -0.39 is 13.9 Å². The van der Waals surface area contributed by atoms with Gasteiger partial charge in [0.1, 0.15) is 19.1 Å². The van der Waals surface area contributed by atoms with Gasteiger partial charge in [-0.1, -0.05) is 37.3 Å². The van der Waals surface area contributed by atoms with Gasteiger partial charge in [-0.25, -0.2) is 4.39 Å². The molecule has 3 aromatic rings. The molecule has 4 rings (SSSR count). The van der Waals surface area contributed by atoms with Crippen molar-refractivity contribution in [2.45, 2.75) is 51.8 Å². The monoisotopic (exact) mass is 503 g/mol. The summed E-state index contributed by atoms with van der Waals surface area (Å²) in [5.41, 5.74) is 1.55. The van der Waals surface area contributed by atoms with E-state index in [1.165, 1.54) is 16.7 Å². The zero-order valence-electron chi connectivity index (χ0n) is 19.9. The van der Waals surface area contributed by atoms with Crippen LogP contribution in [0.1, 0.15) is 12.8 Å². The molecule has 0 spiro atoms. The van der Waals surface area contributed by atoms with Gasteiger partial charge in [-0.3, -0.25) is 9.59 Å². The normalized spacial score (nSPS) is 14.3. The molecule has 0 saturated carbocycles. The molecule has 0 N–H and O–H groups in total. The molecule has 34 heavy (non-hydrogen) atoms. The Morgan fingerprint density at radius 3 is 2.56 bits per heavy atom. The van der Waals surface area contributed by atoms with Crippen molar-refractivity contribution >= 4 is 36.5 Å². The number of pyridine rings is 1. The van der Waals surface area contributed by atoms with Gasteiger partial charge in [0.05, 0.1) is 15.9 Å². The first-order valence-corrected chi connectivity index (χ1v) is 15.8. The highest BCUT2D eigenvalue weighted by Crippen LogP contribution is 2.31. The van der Waals surface area contributed by atoms with Crippen LogP contribution in [0.5, 0.6) is 0 Å². The van der Waals surface area contributed by atoms with Crippen LogP contribution in [0, 0.1) is 5.82 Å². The van der Waals surface area contributed by atoms with E-state index >= 15 is 0 Å². The number of nitrogens with zero attached hydrogens (tertiary/aromatic N) is 3. The molecule has 1 fully saturated rings. The lowest BCUT2D eigenvalue weighted by Crippen LogP contribution is -2.34. The Hall–Kier alpha value is -2.42. The molecule has 9 heteroatoms. The zero-order chi connectivity index (χ0) is 24.5. The summed E-state index contributed by atoms with van der Waals surface area (Å²) < 4.78 is 23.5. The first-order valence-electron chi connectivity index (χ1n) is 11.7. The highest BCUT2D eigenvalue weighted by Gasteiger charge is 2.21. The Labute approximate surface area is 204 Å². The molecule has 0 unspecified atom stereocenters. The molecular formula is C25H31ClFN3O3Si. The maximum absolute atomic E-state index is 14.3. The van der Waals surface area contributed by atoms with Crippen molar-refractivity contribution in [3.05, 3.63) is 57.9 Å². The molecule has 1 saturated heterocycles. The smallest absolute Gasteiger partial charge is 0.261 e. The van der Waals surface area contributed by atoms with Crippen LogP contribution in [-0.4, -0.2) is 47.7 Å². The van der Waals surface area contributed by atoms with Crippen LogP contribution < -0.4 is 5.56 Å². The second kappa shape index (κ2) is 10.1. The van der Waals surface area contributed by atoms with Gasteiger partial charge in [0.2, 0.25) is 5.91 Å². The molecule has 0 atom stereocenters. The number of hydrogen-bond donors (Lipinski definition) is 0. The van der Waals surface area contributed by atoms with Gasteiger partial charge in [-0.15, -0.1) is 0 Å². The first kappa shape index (κ1) is 24.7. The molecule has 6 nitrogen and oxygen atoms in total. The average Bonchev–Trinajstić information content (AvgIpc) is 3.43. The molecular weight excluding hydrogens is 473 g/mol. The van der Waals surface area contributed by atoms with Crippen LogP contribution in [0.3, 0.4) is 0 Å². The summed E-state index contributed by atoms with van der Waals surface area (Å²) in [6.07, 6.45) is 5.46. The zero-order valence-corrected chi connectivity index (χ0v) is 21.7. The fourth-order valence-corrected chi connectivity index (χ4v) is 5.09. The summed E-state index contributed by atoms with van der Waals surface area (Å²) in [4.78, 5) is 28.0. The predicted molar refractivity (Wildman–Crippen MR) is 137 cm³/mol. The predicted octanol–water partition coefficient (Wildman–Crippen LogP) is 5.20. The van der Waals surface area contributed by atoms with Crippen LogP contribution in [-0.2, 0) is 22.8 Å². The maximum Gasteiger partial charge on any atom is 0.261 e. The topological polar surface area (TPSA) is 56.5 Å². The molecule has 1 aromatic carbocycles. The van der Waals surface area contributed by atoms with Gasteiger partial charge >= 0.3 is 0 Å². The minimum absolute atomic E-state index is 0.0128. The van der Waals surface area contributed by atoms with E-state index in [1.54, 1.807) is 17.2 Å². The van der Waals surface area contributed by atoms with Gasteiger partial charge < -0.3 is 18.8 Å². The number of carbonyl (C=O) groups excluding carboxylic acids is 1.